The van der Waals surface area contributed by atoms with E-state index in [1.165, 1.54) is 0 Å². The molecule has 0 spiro atoms. The molecule has 1 aromatic carbocycles. The van der Waals surface area contributed by atoms with Gasteiger partial charge >= 0.3 is 0 Å². The van der Waals surface area contributed by atoms with Crippen LogP contribution in [-0.4, -0.2) is 50.5 Å². The number of likely N-dealkylation sites (tertiary alicyclic amines) is 1. The number of amides is 1. The average Bonchev–Trinajstić information content (AvgIpc) is 3.20. The summed E-state index contributed by atoms with van der Waals surface area (Å²) in [6.07, 6.45) is 8.14. The van der Waals surface area contributed by atoms with Crippen molar-refractivity contribution in [3.8, 4) is 5.88 Å². The number of para-hydroxylation sites is 2. The maximum Gasteiger partial charge on any atom is 0.235 e. The van der Waals surface area contributed by atoms with Crippen molar-refractivity contribution in [2.45, 2.75) is 45.6 Å². The smallest absolute Gasteiger partial charge is 0.235 e. The van der Waals surface area contributed by atoms with Crippen LogP contribution in [0.25, 0.3) is 11.0 Å². The zero-order valence-electron chi connectivity index (χ0n) is 17.8. The molecule has 3 aromatic rings. The van der Waals surface area contributed by atoms with Gasteiger partial charge in [-0.05, 0) is 44.2 Å². The second-order valence-electron chi connectivity index (χ2n) is 7.95. The zero-order chi connectivity index (χ0) is 20.9. The van der Waals surface area contributed by atoms with Crippen LogP contribution in [0.4, 0.5) is 0 Å². The molecule has 30 heavy (non-hydrogen) atoms. The summed E-state index contributed by atoms with van der Waals surface area (Å²) >= 11 is 0. The van der Waals surface area contributed by atoms with Gasteiger partial charge < -0.3 is 14.2 Å². The minimum absolute atomic E-state index is 0.191. The maximum absolute atomic E-state index is 12.8. The van der Waals surface area contributed by atoms with Gasteiger partial charge in [0, 0.05) is 44.9 Å². The molecule has 4 rings (SSSR count). The quantitative estimate of drug-likeness (QED) is 0.600. The summed E-state index contributed by atoms with van der Waals surface area (Å²) in [4.78, 5) is 28.2. The van der Waals surface area contributed by atoms with Crippen LogP contribution >= 0.6 is 0 Å². The lowest BCUT2D eigenvalue weighted by Gasteiger charge is -2.32. The third-order valence-electron chi connectivity index (χ3n) is 6.04. The molecule has 158 valence electrons. The number of carbonyl (C=O) groups excluding carboxylic acids is 1. The number of aryl methyl sites for hydroxylation is 3. The maximum atomic E-state index is 12.8. The average molecular weight is 408 g/mol. The molecule has 0 radical (unpaired) electrons. The highest BCUT2D eigenvalue weighted by molar-refractivity contribution is 5.77. The zero-order valence-corrected chi connectivity index (χ0v) is 17.8. The highest BCUT2D eigenvalue weighted by Gasteiger charge is 2.23. The summed E-state index contributed by atoms with van der Waals surface area (Å²) < 4.78 is 7.61. The first-order chi connectivity index (χ1) is 14.6. The first-order valence-electron chi connectivity index (χ1n) is 10.7. The summed E-state index contributed by atoms with van der Waals surface area (Å²) in [7, 11) is 1.60. The van der Waals surface area contributed by atoms with Gasteiger partial charge in [-0.15, -0.1) is 0 Å². The number of ether oxygens (including phenoxy) is 1. The highest BCUT2D eigenvalue weighted by atomic mass is 16.5. The molecule has 0 unspecified atom stereocenters. The van der Waals surface area contributed by atoms with Crippen molar-refractivity contribution >= 4 is 16.9 Å². The number of hydrogen-bond acceptors (Lipinski definition) is 5. The Morgan fingerprint density at radius 3 is 2.57 bits per heavy atom. The van der Waals surface area contributed by atoms with Gasteiger partial charge in [-0.1, -0.05) is 12.1 Å². The van der Waals surface area contributed by atoms with Crippen molar-refractivity contribution in [1.82, 2.24) is 24.4 Å². The first-order valence-corrected chi connectivity index (χ1v) is 10.7. The van der Waals surface area contributed by atoms with Crippen LogP contribution in [0.1, 0.15) is 37.2 Å². The van der Waals surface area contributed by atoms with Crippen molar-refractivity contribution in [1.29, 1.82) is 0 Å². The van der Waals surface area contributed by atoms with E-state index in [4.69, 9.17) is 4.74 Å². The Kier molecular flexibility index (Phi) is 6.26. The van der Waals surface area contributed by atoms with E-state index in [1.54, 1.807) is 7.11 Å². The number of benzene rings is 1. The monoisotopic (exact) mass is 407 g/mol. The number of methoxy groups -OCH3 is 1. The molecule has 3 heterocycles. The molecule has 1 amide bonds. The molecule has 0 saturated carbocycles. The Labute approximate surface area is 177 Å². The number of fused-ring (bicyclic) bond motifs is 1. The molecular formula is C23H29N5O2. The first kappa shape index (κ1) is 20.3. The number of nitrogens with zero attached hydrogens (tertiary/aromatic N) is 5. The summed E-state index contributed by atoms with van der Waals surface area (Å²) in [5.41, 5.74) is 2.38. The summed E-state index contributed by atoms with van der Waals surface area (Å²) in [5, 5.41) is 0. The lowest BCUT2D eigenvalue weighted by atomic mass is 9.93. The van der Waals surface area contributed by atoms with E-state index in [0.717, 1.165) is 61.4 Å². The van der Waals surface area contributed by atoms with Crippen LogP contribution in [0, 0.1) is 12.8 Å². The number of imidazole rings is 1. The molecule has 0 bridgehead atoms. The van der Waals surface area contributed by atoms with E-state index >= 15 is 0 Å². The SMILES string of the molecule is COc1nc2ccccc2nc1CCC(=O)N1CCC(CCn2ccnc2C)CC1. The van der Waals surface area contributed by atoms with Crippen LogP contribution in [0.5, 0.6) is 5.88 Å². The van der Waals surface area contributed by atoms with Gasteiger partial charge in [0.15, 0.2) is 0 Å². The van der Waals surface area contributed by atoms with Gasteiger partial charge in [0.1, 0.15) is 11.5 Å². The molecule has 7 heteroatoms. The number of carbonyl (C=O) groups is 1. The van der Waals surface area contributed by atoms with Crippen molar-refractivity contribution in [3.63, 3.8) is 0 Å². The second kappa shape index (κ2) is 9.24. The minimum Gasteiger partial charge on any atom is -0.480 e. The van der Waals surface area contributed by atoms with Crippen molar-refractivity contribution in [3.05, 3.63) is 48.2 Å². The summed E-state index contributed by atoms with van der Waals surface area (Å²) in [6.45, 7) is 4.72. The third-order valence-corrected chi connectivity index (χ3v) is 6.04. The van der Waals surface area contributed by atoms with E-state index < -0.39 is 0 Å². The number of rotatable bonds is 7. The van der Waals surface area contributed by atoms with Gasteiger partial charge in [0.05, 0.1) is 18.1 Å². The van der Waals surface area contributed by atoms with Crippen molar-refractivity contribution in [2.24, 2.45) is 5.92 Å². The van der Waals surface area contributed by atoms with Crippen LogP contribution in [0.3, 0.4) is 0 Å². The molecule has 0 atom stereocenters. The molecule has 1 fully saturated rings. The van der Waals surface area contributed by atoms with E-state index in [9.17, 15) is 4.79 Å². The summed E-state index contributed by atoms with van der Waals surface area (Å²) in [6, 6.07) is 7.72. The topological polar surface area (TPSA) is 73.1 Å². The Balaban J connectivity index is 1.28. The number of hydrogen-bond donors (Lipinski definition) is 0. The largest absolute Gasteiger partial charge is 0.480 e. The van der Waals surface area contributed by atoms with Crippen LogP contribution in [-0.2, 0) is 17.8 Å². The summed E-state index contributed by atoms with van der Waals surface area (Å²) in [5.74, 6) is 2.43. The van der Waals surface area contributed by atoms with E-state index in [-0.39, 0.29) is 5.91 Å². The Morgan fingerprint density at radius 2 is 1.90 bits per heavy atom. The van der Waals surface area contributed by atoms with Gasteiger partial charge in [0.2, 0.25) is 11.8 Å². The van der Waals surface area contributed by atoms with Gasteiger partial charge in [-0.2, -0.15) is 0 Å². The van der Waals surface area contributed by atoms with E-state index in [0.29, 0.717) is 24.6 Å². The fraction of sp³-hybridized carbons (Fsp3) is 0.478. The number of aromatic nitrogens is 4. The standard InChI is InChI=1S/C23H29N5O2/c1-17-24-12-16-27(17)13-9-18-10-14-28(15-11-18)22(29)8-7-21-23(30-2)26-20-6-4-3-5-19(20)25-21/h3-6,12,16,18H,7-11,13-15H2,1-2H3. The van der Waals surface area contributed by atoms with Gasteiger partial charge in [-0.25, -0.2) is 15.0 Å². The molecule has 1 saturated heterocycles. The van der Waals surface area contributed by atoms with E-state index in [1.807, 2.05) is 48.5 Å². The fourth-order valence-electron chi connectivity index (χ4n) is 4.16. The van der Waals surface area contributed by atoms with E-state index in [2.05, 4.69) is 19.5 Å². The Hall–Kier alpha value is -2.96. The molecule has 0 N–H and O–H groups in total. The highest BCUT2D eigenvalue weighted by Crippen LogP contribution is 2.23. The van der Waals surface area contributed by atoms with Gasteiger partial charge in [0.25, 0.3) is 0 Å². The van der Waals surface area contributed by atoms with Crippen LogP contribution in [0.15, 0.2) is 36.7 Å². The van der Waals surface area contributed by atoms with Crippen molar-refractivity contribution in [2.75, 3.05) is 20.2 Å². The van der Waals surface area contributed by atoms with Crippen molar-refractivity contribution < 1.29 is 9.53 Å². The predicted molar refractivity (Wildman–Crippen MR) is 115 cm³/mol. The molecule has 1 aliphatic heterocycles. The van der Waals surface area contributed by atoms with Crippen LogP contribution in [0.2, 0.25) is 0 Å². The van der Waals surface area contributed by atoms with Crippen LogP contribution < -0.4 is 4.74 Å². The lowest BCUT2D eigenvalue weighted by Crippen LogP contribution is -2.38. The lowest BCUT2D eigenvalue weighted by molar-refractivity contribution is -0.132. The molecule has 7 nitrogen and oxygen atoms in total. The minimum atomic E-state index is 0.191. The predicted octanol–water partition coefficient (Wildman–Crippen LogP) is 3.40. The molecule has 2 aromatic heterocycles. The third kappa shape index (κ3) is 4.61. The fourth-order valence-corrected chi connectivity index (χ4v) is 4.16. The Bertz CT molecular complexity index is 1010. The molecular weight excluding hydrogens is 378 g/mol. The Morgan fingerprint density at radius 1 is 1.17 bits per heavy atom. The molecule has 1 aliphatic rings. The number of piperidine rings is 1. The van der Waals surface area contributed by atoms with Gasteiger partial charge in [-0.3, -0.25) is 4.79 Å². The second-order valence-corrected chi connectivity index (χ2v) is 7.95. The molecule has 0 aliphatic carbocycles. The normalized spacial score (nSPS) is 14.9.